The van der Waals surface area contributed by atoms with Gasteiger partial charge < -0.3 is 14.8 Å². The first-order valence-electron chi connectivity index (χ1n) is 7.87. The van der Waals surface area contributed by atoms with Crippen molar-refractivity contribution >= 4 is 27.3 Å². The number of thiophene rings is 1. The Morgan fingerprint density at radius 1 is 1.17 bits per heavy atom. The molecule has 1 amide bonds. The minimum absolute atomic E-state index is 0.0591. The predicted molar refractivity (Wildman–Crippen MR) is 95.2 cm³/mol. The summed E-state index contributed by atoms with van der Waals surface area (Å²) in [6.07, 6.45) is -0.182. The van der Waals surface area contributed by atoms with E-state index in [2.05, 4.69) is 5.32 Å². The maximum atomic E-state index is 12.5. The van der Waals surface area contributed by atoms with Gasteiger partial charge in [0.2, 0.25) is 0 Å². The lowest BCUT2D eigenvalue weighted by atomic mass is 10.1. The molecule has 5 heteroatoms. The minimum Gasteiger partial charge on any atom is -0.486 e. The molecule has 0 aliphatic carbocycles. The van der Waals surface area contributed by atoms with E-state index in [-0.39, 0.29) is 12.0 Å². The molecule has 1 atom stereocenters. The summed E-state index contributed by atoms with van der Waals surface area (Å²) in [5.74, 6) is 1.41. The Bertz CT molecular complexity index is 903. The van der Waals surface area contributed by atoms with Gasteiger partial charge in [-0.1, -0.05) is 30.3 Å². The Hall–Kier alpha value is -2.53. The maximum absolute atomic E-state index is 12.5. The van der Waals surface area contributed by atoms with Crippen molar-refractivity contribution in [1.29, 1.82) is 0 Å². The van der Waals surface area contributed by atoms with Crippen LogP contribution in [0.25, 0.3) is 10.1 Å². The largest absolute Gasteiger partial charge is 0.486 e. The van der Waals surface area contributed by atoms with Crippen LogP contribution in [0.1, 0.15) is 15.2 Å². The van der Waals surface area contributed by atoms with Gasteiger partial charge in [0.05, 0.1) is 11.4 Å². The standard InChI is InChI=1S/C19H17NO3S/c1-12-14-6-2-5-9-17(14)24-18(12)19(21)20-10-13-11-22-15-7-3-4-8-16(15)23-13/h2-9,13H,10-11H2,1H3,(H,20,21). The van der Waals surface area contributed by atoms with E-state index in [0.29, 0.717) is 13.2 Å². The molecule has 4 rings (SSSR count). The predicted octanol–water partition coefficient (Wildman–Crippen LogP) is 3.78. The molecule has 1 aliphatic rings. The zero-order chi connectivity index (χ0) is 16.5. The quantitative estimate of drug-likeness (QED) is 0.790. The van der Waals surface area contributed by atoms with E-state index in [1.807, 2.05) is 55.5 Å². The monoisotopic (exact) mass is 339 g/mol. The van der Waals surface area contributed by atoms with E-state index in [9.17, 15) is 4.79 Å². The summed E-state index contributed by atoms with van der Waals surface area (Å²) in [5, 5.41) is 4.11. The van der Waals surface area contributed by atoms with Crippen molar-refractivity contribution < 1.29 is 14.3 Å². The number of ether oxygens (including phenoxy) is 2. The highest BCUT2D eigenvalue weighted by Gasteiger charge is 2.22. The number of hydrogen-bond acceptors (Lipinski definition) is 4. The summed E-state index contributed by atoms with van der Waals surface area (Å²) in [6, 6.07) is 15.6. The lowest BCUT2D eigenvalue weighted by Gasteiger charge is -2.26. The highest BCUT2D eigenvalue weighted by atomic mass is 32.1. The molecule has 0 radical (unpaired) electrons. The molecule has 24 heavy (non-hydrogen) atoms. The lowest BCUT2D eigenvalue weighted by Crippen LogP contribution is -2.40. The molecule has 0 bridgehead atoms. The fourth-order valence-electron chi connectivity index (χ4n) is 2.84. The number of benzene rings is 2. The Morgan fingerprint density at radius 3 is 2.75 bits per heavy atom. The topological polar surface area (TPSA) is 47.6 Å². The van der Waals surface area contributed by atoms with Crippen LogP contribution in [-0.2, 0) is 0 Å². The molecule has 3 aromatic rings. The number of aryl methyl sites for hydroxylation is 1. The Morgan fingerprint density at radius 2 is 1.92 bits per heavy atom. The first-order valence-corrected chi connectivity index (χ1v) is 8.69. The lowest BCUT2D eigenvalue weighted by molar-refractivity contribution is 0.0791. The number of fused-ring (bicyclic) bond motifs is 2. The summed E-state index contributed by atoms with van der Waals surface area (Å²) in [4.78, 5) is 13.3. The molecule has 122 valence electrons. The van der Waals surface area contributed by atoms with Gasteiger partial charge in [-0.25, -0.2) is 0 Å². The van der Waals surface area contributed by atoms with Gasteiger partial charge in [0.25, 0.3) is 5.91 Å². The highest BCUT2D eigenvalue weighted by molar-refractivity contribution is 7.21. The Labute approximate surface area is 144 Å². The van der Waals surface area contributed by atoms with Crippen LogP contribution in [0.5, 0.6) is 11.5 Å². The van der Waals surface area contributed by atoms with E-state index in [0.717, 1.165) is 32.0 Å². The first-order chi connectivity index (χ1) is 11.7. The number of rotatable bonds is 3. The van der Waals surface area contributed by atoms with Crippen LogP contribution in [0.2, 0.25) is 0 Å². The van der Waals surface area contributed by atoms with E-state index in [1.165, 1.54) is 11.3 Å². The van der Waals surface area contributed by atoms with Crippen molar-refractivity contribution in [2.45, 2.75) is 13.0 Å². The van der Waals surface area contributed by atoms with Crippen LogP contribution in [-0.4, -0.2) is 25.2 Å². The number of hydrogen-bond donors (Lipinski definition) is 1. The molecule has 4 nitrogen and oxygen atoms in total. The third-order valence-electron chi connectivity index (χ3n) is 4.11. The SMILES string of the molecule is Cc1c(C(=O)NCC2COc3ccccc3O2)sc2ccccc12. The number of nitrogens with one attached hydrogen (secondary N) is 1. The normalized spacial score (nSPS) is 16.1. The van der Waals surface area contributed by atoms with Gasteiger partial charge in [-0.05, 0) is 36.1 Å². The number of para-hydroxylation sites is 2. The van der Waals surface area contributed by atoms with Crippen LogP contribution >= 0.6 is 11.3 Å². The van der Waals surface area contributed by atoms with Crippen LogP contribution in [0.15, 0.2) is 48.5 Å². The second-order valence-electron chi connectivity index (χ2n) is 5.76. The number of carbonyl (C=O) groups excluding carboxylic acids is 1. The van der Waals surface area contributed by atoms with E-state index >= 15 is 0 Å². The van der Waals surface area contributed by atoms with Crippen LogP contribution in [0, 0.1) is 6.92 Å². The van der Waals surface area contributed by atoms with Crippen molar-refractivity contribution in [3.8, 4) is 11.5 Å². The fraction of sp³-hybridized carbons (Fsp3) is 0.211. The summed E-state index contributed by atoms with van der Waals surface area (Å²) in [6.45, 7) is 2.84. The van der Waals surface area contributed by atoms with E-state index in [1.54, 1.807) is 0 Å². The molecular formula is C19H17NO3S. The van der Waals surface area contributed by atoms with Crippen LogP contribution < -0.4 is 14.8 Å². The summed E-state index contributed by atoms with van der Waals surface area (Å²) < 4.78 is 12.7. The van der Waals surface area contributed by atoms with Crippen molar-refractivity contribution in [3.63, 3.8) is 0 Å². The van der Waals surface area contributed by atoms with Gasteiger partial charge in [0.15, 0.2) is 11.5 Å². The fourth-order valence-corrected chi connectivity index (χ4v) is 3.97. The van der Waals surface area contributed by atoms with Crippen molar-refractivity contribution in [3.05, 3.63) is 59.0 Å². The Kier molecular flexibility index (Phi) is 3.86. The molecule has 2 aromatic carbocycles. The third-order valence-corrected chi connectivity index (χ3v) is 5.38. The second-order valence-corrected chi connectivity index (χ2v) is 6.81. The maximum Gasteiger partial charge on any atom is 0.261 e. The summed E-state index contributed by atoms with van der Waals surface area (Å²) in [7, 11) is 0. The molecule has 1 unspecified atom stereocenters. The molecule has 0 fully saturated rings. The second kappa shape index (κ2) is 6.17. The minimum atomic E-state index is -0.182. The van der Waals surface area contributed by atoms with E-state index in [4.69, 9.17) is 9.47 Å². The van der Waals surface area contributed by atoms with Crippen molar-refractivity contribution in [2.75, 3.05) is 13.2 Å². The molecule has 0 spiro atoms. The molecule has 1 aliphatic heterocycles. The summed E-state index contributed by atoms with van der Waals surface area (Å²) >= 11 is 1.52. The van der Waals surface area contributed by atoms with Crippen molar-refractivity contribution in [2.24, 2.45) is 0 Å². The van der Waals surface area contributed by atoms with Gasteiger partial charge >= 0.3 is 0 Å². The van der Waals surface area contributed by atoms with Gasteiger partial charge in [0, 0.05) is 4.70 Å². The molecule has 1 N–H and O–H groups in total. The van der Waals surface area contributed by atoms with Gasteiger partial charge in [-0.15, -0.1) is 11.3 Å². The first kappa shape index (κ1) is 15.0. The van der Waals surface area contributed by atoms with Gasteiger partial charge in [-0.3, -0.25) is 4.79 Å². The Balaban J connectivity index is 1.44. The highest BCUT2D eigenvalue weighted by Crippen LogP contribution is 2.32. The van der Waals surface area contributed by atoms with Crippen molar-refractivity contribution in [1.82, 2.24) is 5.32 Å². The zero-order valence-corrected chi connectivity index (χ0v) is 14.1. The molecule has 2 heterocycles. The number of carbonyl (C=O) groups is 1. The molecule has 0 saturated heterocycles. The number of amides is 1. The van der Waals surface area contributed by atoms with Crippen LogP contribution in [0.4, 0.5) is 0 Å². The molecule has 1 aromatic heterocycles. The van der Waals surface area contributed by atoms with Gasteiger partial charge in [0.1, 0.15) is 12.7 Å². The molecular weight excluding hydrogens is 322 g/mol. The smallest absolute Gasteiger partial charge is 0.261 e. The zero-order valence-electron chi connectivity index (χ0n) is 13.2. The molecule has 0 saturated carbocycles. The third kappa shape index (κ3) is 2.71. The average Bonchev–Trinajstić information content (AvgIpc) is 2.97. The van der Waals surface area contributed by atoms with E-state index < -0.39 is 0 Å². The van der Waals surface area contributed by atoms with Crippen LogP contribution in [0.3, 0.4) is 0 Å². The summed E-state index contributed by atoms with van der Waals surface area (Å²) in [5.41, 5.74) is 1.03. The average molecular weight is 339 g/mol. The van der Waals surface area contributed by atoms with Gasteiger partial charge in [-0.2, -0.15) is 0 Å².